The fourth-order valence-electron chi connectivity index (χ4n) is 3.25. The maximum Gasteiger partial charge on any atom is 0.223 e. The Morgan fingerprint density at radius 3 is 2.75 bits per heavy atom. The molecular formula is C16H23NO3. The lowest BCUT2D eigenvalue weighted by atomic mass is 9.94. The molecule has 1 aromatic heterocycles. The minimum Gasteiger partial charge on any atom is -0.469 e. The summed E-state index contributed by atoms with van der Waals surface area (Å²) < 4.78 is 5.34. The zero-order valence-corrected chi connectivity index (χ0v) is 11.8. The highest BCUT2D eigenvalue weighted by Crippen LogP contribution is 2.47. The van der Waals surface area contributed by atoms with Crippen LogP contribution >= 0.6 is 0 Å². The second-order valence-electron chi connectivity index (χ2n) is 6.32. The van der Waals surface area contributed by atoms with Gasteiger partial charge in [-0.3, -0.25) is 4.79 Å². The molecule has 110 valence electrons. The normalized spacial score (nSPS) is 28.6. The SMILES string of the molecule is O=C(NCC1(O)CCCCCC1)C1CC1c1ccco1. The molecule has 1 aromatic rings. The van der Waals surface area contributed by atoms with E-state index in [0.29, 0.717) is 6.54 Å². The first-order valence-electron chi connectivity index (χ1n) is 7.71. The second-order valence-corrected chi connectivity index (χ2v) is 6.32. The zero-order valence-electron chi connectivity index (χ0n) is 11.8. The molecule has 4 nitrogen and oxygen atoms in total. The molecule has 0 bridgehead atoms. The summed E-state index contributed by atoms with van der Waals surface area (Å²) in [6.07, 6.45) is 8.63. The molecule has 2 fully saturated rings. The van der Waals surface area contributed by atoms with Crippen molar-refractivity contribution in [1.29, 1.82) is 0 Å². The molecule has 2 atom stereocenters. The predicted octanol–water partition coefficient (Wildman–Crippen LogP) is 2.58. The first-order chi connectivity index (χ1) is 9.68. The number of hydrogen-bond donors (Lipinski definition) is 2. The van der Waals surface area contributed by atoms with Gasteiger partial charge in [0.05, 0.1) is 11.9 Å². The van der Waals surface area contributed by atoms with E-state index >= 15 is 0 Å². The number of carbonyl (C=O) groups is 1. The van der Waals surface area contributed by atoms with Crippen LogP contribution in [0.2, 0.25) is 0 Å². The van der Waals surface area contributed by atoms with Crippen LogP contribution in [0, 0.1) is 5.92 Å². The average molecular weight is 277 g/mol. The van der Waals surface area contributed by atoms with E-state index in [4.69, 9.17) is 4.42 Å². The van der Waals surface area contributed by atoms with Gasteiger partial charge in [-0.15, -0.1) is 0 Å². The number of amides is 1. The molecule has 20 heavy (non-hydrogen) atoms. The number of hydrogen-bond acceptors (Lipinski definition) is 3. The lowest BCUT2D eigenvalue weighted by Crippen LogP contribution is -2.43. The van der Waals surface area contributed by atoms with E-state index in [-0.39, 0.29) is 17.7 Å². The summed E-state index contributed by atoms with van der Waals surface area (Å²) in [6.45, 7) is 0.396. The quantitative estimate of drug-likeness (QED) is 0.831. The highest BCUT2D eigenvalue weighted by atomic mass is 16.3. The van der Waals surface area contributed by atoms with Crippen molar-refractivity contribution in [3.63, 3.8) is 0 Å². The van der Waals surface area contributed by atoms with Gasteiger partial charge in [0.25, 0.3) is 0 Å². The largest absolute Gasteiger partial charge is 0.469 e. The van der Waals surface area contributed by atoms with E-state index in [1.807, 2.05) is 12.1 Å². The number of nitrogens with one attached hydrogen (secondary N) is 1. The Balaban J connectivity index is 1.48. The van der Waals surface area contributed by atoms with Gasteiger partial charge < -0.3 is 14.8 Å². The second kappa shape index (κ2) is 5.60. The van der Waals surface area contributed by atoms with Gasteiger partial charge in [0.1, 0.15) is 5.76 Å². The number of aliphatic hydroxyl groups is 1. The van der Waals surface area contributed by atoms with Crippen molar-refractivity contribution < 1.29 is 14.3 Å². The fraction of sp³-hybridized carbons (Fsp3) is 0.688. The monoisotopic (exact) mass is 277 g/mol. The Morgan fingerprint density at radius 1 is 1.35 bits per heavy atom. The Bertz CT molecular complexity index is 446. The molecule has 0 aliphatic heterocycles. The van der Waals surface area contributed by atoms with E-state index in [1.165, 1.54) is 12.8 Å². The van der Waals surface area contributed by atoms with E-state index in [0.717, 1.165) is 37.9 Å². The van der Waals surface area contributed by atoms with Crippen LogP contribution in [-0.4, -0.2) is 23.2 Å². The molecule has 3 rings (SSSR count). The molecule has 2 N–H and O–H groups in total. The molecule has 4 heteroatoms. The Morgan fingerprint density at radius 2 is 2.10 bits per heavy atom. The molecule has 2 aliphatic rings. The molecule has 2 aliphatic carbocycles. The number of rotatable bonds is 4. The lowest BCUT2D eigenvalue weighted by Gasteiger charge is -2.26. The fourth-order valence-corrected chi connectivity index (χ4v) is 3.25. The zero-order chi connectivity index (χ0) is 14.0. The van der Waals surface area contributed by atoms with Crippen LogP contribution in [0.4, 0.5) is 0 Å². The predicted molar refractivity (Wildman–Crippen MR) is 75.2 cm³/mol. The summed E-state index contributed by atoms with van der Waals surface area (Å²) in [4.78, 5) is 12.1. The van der Waals surface area contributed by atoms with Crippen LogP contribution in [0.1, 0.15) is 56.6 Å². The summed E-state index contributed by atoms with van der Waals surface area (Å²) >= 11 is 0. The molecule has 2 unspecified atom stereocenters. The Hall–Kier alpha value is -1.29. The summed E-state index contributed by atoms with van der Waals surface area (Å²) in [6, 6.07) is 3.79. The molecule has 0 saturated heterocycles. The van der Waals surface area contributed by atoms with Gasteiger partial charge in [-0.25, -0.2) is 0 Å². The molecule has 0 aromatic carbocycles. The minimum absolute atomic E-state index is 0.0236. The summed E-state index contributed by atoms with van der Waals surface area (Å²) in [5.41, 5.74) is -0.693. The van der Waals surface area contributed by atoms with Crippen LogP contribution in [0.25, 0.3) is 0 Å². The van der Waals surface area contributed by atoms with Crippen molar-refractivity contribution in [1.82, 2.24) is 5.32 Å². The summed E-state index contributed by atoms with van der Waals surface area (Å²) in [5.74, 6) is 1.21. The van der Waals surface area contributed by atoms with Gasteiger partial charge in [0.2, 0.25) is 5.91 Å². The third kappa shape index (κ3) is 3.06. The maximum atomic E-state index is 12.1. The van der Waals surface area contributed by atoms with Crippen molar-refractivity contribution in [2.45, 2.75) is 56.5 Å². The number of carbonyl (C=O) groups excluding carboxylic acids is 1. The molecular weight excluding hydrogens is 254 g/mol. The topological polar surface area (TPSA) is 62.5 Å². The Labute approximate surface area is 119 Å². The molecule has 1 heterocycles. The third-order valence-corrected chi connectivity index (χ3v) is 4.66. The molecule has 0 spiro atoms. The van der Waals surface area contributed by atoms with Crippen molar-refractivity contribution in [2.75, 3.05) is 6.54 Å². The van der Waals surface area contributed by atoms with Crippen LogP contribution in [0.15, 0.2) is 22.8 Å². The van der Waals surface area contributed by atoms with Gasteiger partial charge >= 0.3 is 0 Å². The van der Waals surface area contributed by atoms with E-state index in [1.54, 1.807) is 6.26 Å². The van der Waals surface area contributed by atoms with Gasteiger partial charge in [0.15, 0.2) is 0 Å². The summed E-state index contributed by atoms with van der Waals surface area (Å²) in [5, 5.41) is 13.5. The van der Waals surface area contributed by atoms with E-state index in [2.05, 4.69) is 5.32 Å². The van der Waals surface area contributed by atoms with Gasteiger partial charge in [-0.05, 0) is 31.4 Å². The average Bonchev–Trinajstić information content (AvgIpc) is 3.12. The minimum atomic E-state index is -0.693. The summed E-state index contributed by atoms with van der Waals surface area (Å²) in [7, 11) is 0. The first-order valence-corrected chi connectivity index (χ1v) is 7.71. The van der Waals surface area contributed by atoms with Gasteiger partial charge in [0, 0.05) is 18.4 Å². The van der Waals surface area contributed by atoms with Crippen molar-refractivity contribution >= 4 is 5.91 Å². The third-order valence-electron chi connectivity index (χ3n) is 4.66. The van der Waals surface area contributed by atoms with Crippen LogP contribution in [0.5, 0.6) is 0 Å². The Kier molecular flexibility index (Phi) is 3.83. The van der Waals surface area contributed by atoms with Crippen LogP contribution in [-0.2, 0) is 4.79 Å². The smallest absolute Gasteiger partial charge is 0.223 e. The highest BCUT2D eigenvalue weighted by Gasteiger charge is 2.46. The standard InChI is InChI=1S/C16H23NO3/c18-15(13-10-12(13)14-6-5-9-20-14)17-11-16(19)7-3-1-2-4-8-16/h5-6,9,12-13,19H,1-4,7-8,10-11H2,(H,17,18). The maximum absolute atomic E-state index is 12.1. The van der Waals surface area contributed by atoms with Gasteiger partial charge in [-0.1, -0.05) is 25.7 Å². The van der Waals surface area contributed by atoms with Gasteiger partial charge in [-0.2, -0.15) is 0 Å². The van der Waals surface area contributed by atoms with Crippen molar-refractivity contribution in [2.24, 2.45) is 5.92 Å². The highest BCUT2D eigenvalue weighted by molar-refractivity contribution is 5.82. The number of furan rings is 1. The lowest BCUT2D eigenvalue weighted by molar-refractivity contribution is -0.123. The molecule has 1 amide bonds. The molecule has 2 saturated carbocycles. The van der Waals surface area contributed by atoms with Crippen molar-refractivity contribution in [3.8, 4) is 0 Å². The first kappa shape index (κ1) is 13.7. The van der Waals surface area contributed by atoms with Crippen LogP contribution in [0.3, 0.4) is 0 Å². The molecule has 0 radical (unpaired) electrons. The van der Waals surface area contributed by atoms with Crippen molar-refractivity contribution in [3.05, 3.63) is 24.2 Å². The van der Waals surface area contributed by atoms with E-state index in [9.17, 15) is 9.90 Å². The van der Waals surface area contributed by atoms with Crippen LogP contribution < -0.4 is 5.32 Å². The van der Waals surface area contributed by atoms with E-state index < -0.39 is 5.60 Å².